The van der Waals surface area contributed by atoms with Crippen molar-refractivity contribution in [3.8, 4) is 0 Å². The van der Waals surface area contributed by atoms with E-state index in [9.17, 15) is 28.8 Å². The highest BCUT2D eigenvalue weighted by atomic mass is 16.5. The summed E-state index contributed by atoms with van der Waals surface area (Å²) in [6.45, 7) is 7.06. The fourth-order valence-electron chi connectivity index (χ4n) is 6.84. The summed E-state index contributed by atoms with van der Waals surface area (Å²) in [5, 5.41) is 14.1. The van der Waals surface area contributed by atoms with Gasteiger partial charge in [0.2, 0.25) is 35.4 Å². The van der Waals surface area contributed by atoms with Gasteiger partial charge in [-0.1, -0.05) is 61.2 Å². The largest absolute Gasteiger partial charge is 0.469 e. The molecule has 7 N–H and O–H groups in total. The van der Waals surface area contributed by atoms with E-state index in [4.69, 9.17) is 14.9 Å². The number of hydrogen-bond acceptors (Lipinski definition) is 9. The molecule has 0 aliphatic carbocycles. The lowest BCUT2D eigenvalue weighted by Crippen LogP contribution is -2.58. The minimum atomic E-state index is -1.03. The van der Waals surface area contributed by atoms with Crippen LogP contribution in [0.1, 0.15) is 48.6 Å². The average Bonchev–Trinajstić information content (AvgIpc) is 3.73. The second-order valence-electron chi connectivity index (χ2n) is 14.1. The van der Waals surface area contributed by atoms with E-state index in [1.807, 2.05) is 30.3 Å². The molecular weight excluding hydrogens is 731 g/mol. The van der Waals surface area contributed by atoms with Gasteiger partial charge in [0.05, 0.1) is 31.3 Å². The van der Waals surface area contributed by atoms with Crippen LogP contribution in [0.3, 0.4) is 0 Å². The van der Waals surface area contributed by atoms with Crippen molar-refractivity contribution in [2.75, 3.05) is 45.9 Å². The molecule has 15 heteroatoms. The van der Waals surface area contributed by atoms with Crippen molar-refractivity contribution in [3.63, 3.8) is 0 Å². The summed E-state index contributed by atoms with van der Waals surface area (Å²) < 4.78 is 10.9. The molecule has 3 aromatic rings. The number of nitrogens with zero attached hydrogens (tertiary/aromatic N) is 1. The molecule has 0 unspecified atom stereocenters. The van der Waals surface area contributed by atoms with Gasteiger partial charge in [-0.25, -0.2) is 0 Å². The van der Waals surface area contributed by atoms with Crippen molar-refractivity contribution in [1.29, 1.82) is 0 Å². The summed E-state index contributed by atoms with van der Waals surface area (Å²) in [6, 6.07) is 18.2. The lowest BCUT2D eigenvalue weighted by Gasteiger charge is -2.42. The number of carbonyl (C=O) groups is 6. The Bertz CT molecular complexity index is 1800. The van der Waals surface area contributed by atoms with Crippen LogP contribution in [0, 0.1) is 5.41 Å². The molecule has 0 spiro atoms. The van der Waals surface area contributed by atoms with E-state index in [0.29, 0.717) is 55.8 Å². The summed E-state index contributed by atoms with van der Waals surface area (Å²) >= 11 is 0. The third kappa shape index (κ3) is 14.0. The summed E-state index contributed by atoms with van der Waals surface area (Å²) in [5.41, 5.74) is 6.64. The first-order chi connectivity index (χ1) is 27.5. The van der Waals surface area contributed by atoms with Crippen LogP contribution < -0.4 is 32.3 Å². The van der Waals surface area contributed by atoms with Crippen LogP contribution in [0.4, 0.5) is 0 Å². The van der Waals surface area contributed by atoms with Gasteiger partial charge < -0.3 is 46.4 Å². The molecule has 6 amide bonds. The van der Waals surface area contributed by atoms with Crippen LogP contribution in [-0.4, -0.2) is 98.4 Å². The number of hydrogen-bond donors (Lipinski definition) is 6. The van der Waals surface area contributed by atoms with Crippen LogP contribution in [-0.2, 0) is 59.3 Å². The minimum absolute atomic E-state index is 0.0405. The highest BCUT2D eigenvalue weighted by Gasteiger charge is 2.44. The zero-order chi connectivity index (χ0) is 41.0. The van der Waals surface area contributed by atoms with E-state index in [2.05, 4.69) is 33.2 Å². The van der Waals surface area contributed by atoms with Gasteiger partial charge in [0.1, 0.15) is 17.8 Å². The fraction of sp³-hybridized carbons (Fsp3) is 0.429. The number of furan rings is 1. The predicted molar refractivity (Wildman–Crippen MR) is 213 cm³/mol. The molecule has 0 saturated carbocycles. The molecule has 2 heterocycles. The first-order valence-corrected chi connectivity index (χ1v) is 19.3. The first kappa shape index (κ1) is 43.9. The van der Waals surface area contributed by atoms with Crippen LogP contribution in [0.15, 0.2) is 90.1 Å². The fourth-order valence-corrected chi connectivity index (χ4v) is 6.84. The topological polar surface area (TPSA) is 214 Å². The van der Waals surface area contributed by atoms with Crippen molar-refractivity contribution < 1.29 is 37.9 Å². The molecule has 3 atom stereocenters. The number of nitrogens with two attached hydrogens (primary N) is 1. The second-order valence-corrected chi connectivity index (χ2v) is 14.1. The van der Waals surface area contributed by atoms with Gasteiger partial charge in [-0.05, 0) is 60.6 Å². The lowest BCUT2D eigenvalue weighted by atomic mass is 9.74. The predicted octanol–water partition coefficient (Wildman–Crippen LogP) is 1.31. The van der Waals surface area contributed by atoms with E-state index in [-0.39, 0.29) is 69.8 Å². The third-order valence-corrected chi connectivity index (χ3v) is 9.73. The molecule has 1 aromatic heterocycles. The third-order valence-electron chi connectivity index (χ3n) is 9.73. The summed E-state index contributed by atoms with van der Waals surface area (Å²) in [6.07, 6.45) is 4.37. The summed E-state index contributed by atoms with van der Waals surface area (Å²) in [5.74, 6) is -1.69. The van der Waals surface area contributed by atoms with E-state index in [1.54, 1.807) is 41.3 Å². The molecule has 0 radical (unpaired) electrons. The van der Waals surface area contributed by atoms with E-state index < -0.39 is 35.2 Å². The molecule has 15 nitrogen and oxygen atoms in total. The number of rotatable bonds is 22. The number of ether oxygens (including phenoxy) is 1. The number of benzene rings is 2. The Morgan fingerprint density at radius 1 is 0.895 bits per heavy atom. The van der Waals surface area contributed by atoms with Crippen LogP contribution in [0.5, 0.6) is 0 Å². The van der Waals surface area contributed by atoms with E-state index >= 15 is 0 Å². The molecule has 1 aliphatic heterocycles. The molecule has 306 valence electrons. The van der Waals surface area contributed by atoms with E-state index in [1.165, 1.54) is 19.3 Å². The highest BCUT2D eigenvalue weighted by Crippen LogP contribution is 2.35. The molecule has 4 rings (SSSR count). The van der Waals surface area contributed by atoms with Gasteiger partial charge in [-0.3, -0.25) is 28.8 Å². The Kier molecular flexibility index (Phi) is 17.5. The normalized spacial score (nSPS) is 16.1. The molecule has 0 bridgehead atoms. The van der Waals surface area contributed by atoms with Gasteiger partial charge in [0.25, 0.3) is 0 Å². The maximum absolute atomic E-state index is 14.4. The van der Waals surface area contributed by atoms with Gasteiger partial charge in [-0.15, -0.1) is 0 Å². The summed E-state index contributed by atoms with van der Waals surface area (Å²) in [4.78, 5) is 80.5. The molecule has 1 saturated heterocycles. The van der Waals surface area contributed by atoms with Gasteiger partial charge in [0, 0.05) is 52.6 Å². The van der Waals surface area contributed by atoms with Crippen molar-refractivity contribution in [2.24, 2.45) is 11.1 Å². The van der Waals surface area contributed by atoms with Crippen LogP contribution in [0.2, 0.25) is 0 Å². The van der Waals surface area contributed by atoms with Crippen molar-refractivity contribution in [3.05, 3.63) is 108 Å². The Morgan fingerprint density at radius 2 is 1.63 bits per heavy atom. The van der Waals surface area contributed by atoms with Crippen molar-refractivity contribution in [1.82, 2.24) is 31.5 Å². The summed E-state index contributed by atoms with van der Waals surface area (Å²) in [7, 11) is 0. The molecule has 1 aliphatic rings. The zero-order valence-electron chi connectivity index (χ0n) is 32.6. The number of amides is 6. The monoisotopic (exact) mass is 785 g/mol. The van der Waals surface area contributed by atoms with Gasteiger partial charge in [-0.2, -0.15) is 0 Å². The Morgan fingerprint density at radius 3 is 2.33 bits per heavy atom. The Labute approximate surface area is 333 Å². The Balaban J connectivity index is 1.46. The smallest absolute Gasteiger partial charge is 0.245 e. The van der Waals surface area contributed by atoms with Crippen LogP contribution in [0.25, 0.3) is 0 Å². The maximum Gasteiger partial charge on any atom is 0.245 e. The number of nitrogens with one attached hydrogen (secondary N) is 5. The van der Waals surface area contributed by atoms with E-state index in [0.717, 1.165) is 5.56 Å². The minimum Gasteiger partial charge on any atom is -0.469 e. The number of piperidine rings is 1. The molecule has 57 heavy (non-hydrogen) atoms. The van der Waals surface area contributed by atoms with Gasteiger partial charge in [0.15, 0.2) is 0 Å². The van der Waals surface area contributed by atoms with Crippen molar-refractivity contribution >= 4 is 35.4 Å². The maximum atomic E-state index is 14.4. The second kappa shape index (κ2) is 22.7. The standard InChI is InChI=1S/C42H55N7O8/c1-3-38(52)49-21-10-17-42(29-49,27-31-11-5-4-6-12-31)41(55)48-36(26-34-15-9-22-57-34)40(54)46-28-33-14-8-7-13-32(33)25-37(51)47-35(16-19-44-30(2)50)39(53)45-20-24-56-23-18-43/h3-9,11-15,22,35-36H,1,10,16-21,23-29,43H2,2H3,(H,44,50)(H,45,53)(H,46,54)(H,47,51)(H,48,55)/t35-,36-,42+/m0/s1. The average molecular weight is 786 g/mol. The zero-order valence-corrected chi connectivity index (χ0v) is 32.6. The quantitative estimate of drug-likeness (QED) is 0.0639. The number of carbonyl (C=O) groups excluding carboxylic acids is 6. The SMILES string of the molecule is C=CC(=O)N1CCC[C@](Cc2ccccc2)(C(=O)N[C@@H](Cc2ccco2)C(=O)NCc2ccccc2CC(=O)N[C@@H](CCNC(C)=O)C(=O)NCCOCCN)C1. The van der Waals surface area contributed by atoms with Crippen molar-refractivity contribution in [2.45, 2.75) is 64.1 Å². The molecule has 1 fully saturated rings. The first-order valence-electron chi connectivity index (χ1n) is 19.3. The molecular formula is C42H55N7O8. The van der Waals surface area contributed by atoms with Crippen LogP contribution >= 0.6 is 0 Å². The highest BCUT2D eigenvalue weighted by molar-refractivity contribution is 5.92. The Hall–Kier alpha value is -5.80. The lowest BCUT2D eigenvalue weighted by molar-refractivity contribution is -0.141. The number of likely N-dealkylation sites (tertiary alicyclic amines) is 1. The van der Waals surface area contributed by atoms with Gasteiger partial charge >= 0.3 is 0 Å². The molecule has 2 aromatic carbocycles.